The zero-order valence-electron chi connectivity index (χ0n) is 8.02. The summed E-state index contributed by atoms with van der Waals surface area (Å²) in [5.41, 5.74) is 1.60. The van der Waals surface area contributed by atoms with Crippen LogP contribution in [0.2, 0.25) is 0 Å². The van der Waals surface area contributed by atoms with Crippen LogP contribution in [0.3, 0.4) is 0 Å². The van der Waals surface area contributed by atoms with Gasteiger partial charge in [0.15, 0.2) is 0 Å². The summed E-state index contributed by atoms with van der Waals surface area (Å²) in [6.45, 7) is 1.86. The number of ether oxygens (including phenoxy) is 1. The summed E-state index contributed by atoms with van der Waals surface area (Å²) in [5, 5.41) is 5.07. The maximum Gasteiger partial charge on any atom is 0.434 e. The van der Waals surface area contributed by atoms with Gasteiger partial charge in [0.2, 0.25) is 0 Å². The molecule has 1 aromatic carbocycles. The van der Waals surface area contributed by atoms with E-state index in [0.717, 1.165) is 16.6 Å². The molecule has 0 amide bonds. The van der Waals surface area contributed by atoms with Crippen LogP contribution in [0.25, 0.3) is 10.9 Å². The summed E-state index contributed by atoms with van der Waals surface area (Å²) in [5.74, 6) is 0. The first kappa shape index (κ1) is 8.74. The smallest absolute Gasteiger partial charge is 0.434 e. The number of hydrogen-bond donors (Lipinski definition) is 0. The maximum atomic E-state index is 11.3. The molecule has 0 bridgehead atoms. The number of para-hydroxylation sites is 1. The third kappa shape index (κ3) is 1.16. The predicted molar refractivity (Wildman–Crippen MR) is 52.3 cm³/mol. The van der Waals surface area contributed by atoms with Crippen LogP contribution in [-0.2, 0) is 4.74 Å². The molecule has 2 aromatic rings. The minimum absolute atomic E-state index is 0.464. The Morgan fingerprint density at radius 1 is 1.43 bits per heavy atom. The van der Waals surface area contributed by atoms with Crippen molar-refractivity contribution in [2.24, 2.45) is 0 Å². The Kier molecular flexibility index (Phi) is 1.96. The summed E-state index contributed by atoms with van der Waals surface area (Å²) in [7, 11) is 1.34. The molecule has 72 valence electrons. The first-order valence-corrected chi connectivity index (χ1v) is 4.26. The number of nitrogens with zero attached hydrogens (tertiary/aromatic N) is 2. The van der Waals surface area contributed by atoms with Crippen LogP contribution < -0.4 is 0 Å². The van der Waals surface area contributed by atoms with Crippen molar-refractivity contribution in [2.75, 3.05) is 7.11 Å². The monoisotopic (exact) mass is 190 g/mol. The van der Waals surface area contributed by atoms with E-state index in [1.165, 1.54) is 11.8 Å². The van der Waals surface area contributed by atoms with Crippen molar-refractivity contribution in [2.45, 2.75) is 6.92 Å². The second kappa shape index (κ2) is 3.14. The van der Waals surface area contributed by atoms with Gasteiger partial charge in [0.05, 0.1) is 18.3 Å². The largest absolute Gasteiger partial charge is 0.451 e. The third-order valence-electron chi connectivity index (χ3n) is 2.12. The van der Waals surface area contributed by atoms with E-state index in [1.807, 2.05) is 31.2 Å². The van der Waals surface area contributed by atoms with Crippen LogP contribution in [0, 0.1) is 6.92 Å². The molecule has 1 heterocycles. The zero-order valence-corrected chi connectivity index (χ0v) is 8.02. The summed E-state index contributed by atoms with van der Waals surface area (Å²) < 4.78 is 5.89. The predicted octanol–water partition coefficient (Wildman–Crippen LogP) is 1.96. The Bertz CT molecular complexity index is 488. The summed E-state index contributed by atoms with van der Waals surface area (Å²) in [4.78, 5) is 11.3. The number of carbonyl (C=O) groups excluding carboxylic acids is 1. The molecule has 4 nitrogen and oxygen atoms in total. The average Bonchev–Trinajstić information content (AvgIpc) is 2.56. The maximum absolute atomic E-state index is 11.3. The topological polar surface area (TPSA) is 44.1 Å². The third-order valence-corrected chi connectivity index (χ3v) is 2.12. The molecule has 14 heavy (non-hydrogen) atoms. The van der Waals surface area contributed by atoms with Gasteiger partial charge in [0, 0.05) is 5.39 Å². The molecule has 0 aliphatic rings. The zero-order chi connectivity index (χ0) is 10.1. The molecule has 0 fully saturated rings. The lowest BCUT2D eigenvalue weighted by Gasteiger charge is -1.98. The molecule has 0 saturated heterocycles. The van der Waals surface area contributed by atoms with Gasteiger partial charge >= 0.3 is 6.09 Å². The second-order valence-corrected chi connectivity index (χ2v) is 2.98. The molecular weight excluding hydrogens is 180 g/mol. The molecule has 0 radical (unpaired) electrons. The van der Waals surface area contributed by atoms with E-state index >= 15 is 0 Å². The van der Waals surface area contributed by atoms with Crippen molar-refractivity contribution in [1.82, 2.24) is 9.78 Å². The number of methoxy groups -OCH3 is 1. The molecule has 2 rings (SSSR count). The SMILES string of the molecule is COC(=O)n1nc(C)c2ccccc21. The van der Waals surface area contributed by atoms with Gasteiger partial charge in [0.1, 0.15) is 0 Å². The number of benzene rings is 1. The van der Waals surface area contributed by atoms with Crippen molar-refractivity contribution in [3.8, 4) is 0 Å². The lowest BCUT2D eigenvalue weighted by Crippen LogP contribution is -2.12. The highest BCUT2D eigenvalue weighted by molar-refractivity contribution is 5.89. The quantitative estimate of drug-likeness (QED) is 0.637. The Labute approximate surface area is 81.1 Å². The number of aryl methyl sites for hydroxylation is 1. The molecule has 1 aromatic heterocycles. The van der Waals surface area contributed by atoms with E-state index in [1.54, 1.807) is 0 Å². The Morgan fingerprint density at radius 3 is 2.86 bits per heavy atom. The van der Waals surface area contributed by atoms with Crippen LogP contribution in [0.1, 0.15) is 5.69 Å². The van der Waals surface area contributed by atoms with Crippen molar-refractivity contribution in [1.29, 1.82) is 0 Å². The van der Waals surface area contributed by atoms with E-state index in [0.29, 0.717) is 0 Å². The van der Waals surface area contributed by atoms with E-state index in [9.17, 15) is 4.79 Å². The second-order valence-electron chi connectivity index (χ2n) is 2.98. The van der Waals surface area contributed by atoms with Crippen molar-refractivity contribution in [3.63, 3.8) is 0 Å². The van der Waals surface area contributed by atoms with E-state index < -0.39 is 6.09 Å². The molecule has 0 saturated carbocycles. The van der Waals surface area contributed by atoms with Gasteiger partial charge < -0.3 is 4.74 Å². The van der Waals surface area contributed by atoms with Crippen molar-refractivity contribution < 1.29 is 9.53 Å². The van der Waals surface area contributed by atoms with Gasteiger partial charge in [-0.1, -0.05) is 18.2 Å². The normalized spacial score (nSPS) is 10.4. The fourth-order valence-electron chi connectivity index (χ4n) is 1.45. The average molecular weight is 190 g/mol. The highest BCUT2D eigenvalue weighted by atomic mass is 16.5. The van der Waals surface area contributed by atoms with Gasteiger partial charge in [-0.2, -0.15) is 9.78 Å². The van der Waals surface area contributed by atoms with Crippen LogP contribution >= 0.6 is 0 Å². The first-order valence-electron chi connectivity index (χ1n) is 4.26. The highest BCUT2D eigenvalue weighted by Gasteiger charge is 2.12. The summed E-state index contributed by atoms with van der Waals surface area (Å²) in [6, 6.07) is 7.55. The molecule has 0 spiro atoms. The van der Waals surface area contributed by atoms with E-state index in [-0.39, 0.29) is 0 Å². The minimum atomic E-state index is -0.464. The standard InChI is InChI=1S/C10H10N2O2/c1-7-8-5-3-4-6-9(8)12(11-7)10(13)14-2/h3-6H,1-2H3. The molecule has 0 aliphatic carbocycles. The van der Waals surface area contributed by atoms with Crippen LogP contribution in [0.5, 0.6) is 0 Å². The lowest BCUT2D eigenvalue weighted by atomic mass is 10.2. The Balaban J connectivity index is 2.72. The Hall–Kier alpha value is -1.84. The first-order chi connectivity index (χ1) is 6.74. The molecule has 0 N–H and O–H groups in total. The number of carbonyl (C=O) groups is 1. The van der Waals surface area contributed by atoms with Crippen LogP contribution in [-0.4, -0.2) is 23.0 Å². The van der Waals surface area contributed by atoms with Gasteiger partial charge in [-0.25, -0.2) is 4.79 Å². The summed E-state index contributed by atoms with van der Waals surface area (Å²) in [6.07, 6.45) is -0.464. The molecule has 4 heteroatoms. The van der Waals surface area contributed by atoms with Crippen molar-refractivity contribution in [3.05, 3.63) is 30.0 Å². The molecular formula is C10H10N2O2. The Morgan fingerprint density at radius 2 is 2.14 bits per heavy atom. The van der Waals surface area contributed by atoms with Gasteiger partial charge in [-0.15, -0.1) is 0 Å². The van der Waals surface area contributed by atoms with Crippen LogP contribution in [0.4, 0.5) is 4.79 Å². The highest BCUT2D eigenvalue weighted by Crippen LogP contribution is 2.17. The van der Waals surface area contributed by atoms with Gasteiger partial charge in [-0.3, -0.25) is 0 Å². The van der Waals surface area contributed by atoms with Gasteiger partial charge in [0.25, 0.3) is 0 Å². The number of rotatable bonds is 0. The van der Waals surface area contributed by atoms with E-state index in [4.69, 9.17) is 0 Å². The molecule has 0 atom stereocenters. The number of aromatic nitrogens is 2. The van der Waals surface area contributed by atoms with Gasteiger partial charge in [-0.05, 0) is 13.0 Å². The number of fused-ring (bicyclic) bond motifs is 1. The van der Waals surface area contributed by atoms with E-state index in [2.05, 4.69) is 9.84 Å². The minimum Gasteiger partial charge on any atom is -0.451 e. The lowest BCUT2D eigenvalue weighted by molar-refractivity contribution is 0.170. The van der Waals surface area contributed by atoms with Crippen LogP contribution in [0.15, 0.2) is 24.3 Å². The molecule has 0 unspecified atom stereocenters. The fraction of sp³-hybridized carbons (Fsp3) is 0.200. The summed E-state index contributed by atoms with van der Waals surface area (Å²) >= 11 is 0. The fourth-order valence-corrected chi connectivity index (χ4v) is 1.45. The molecule has 0 aliphatic heterocycles. The number of hydrogen-bond acceptors (Lipinski definition) is 3. The van der Waals surface area contributed by atoms with Crippen molar-refractivity contribution >= 4 is 17.0 Å².